The zero-order valence-corrected chi connectivity index (χ0v) is 13.3. The highest BCUT2D eigenvalue weighted by Crippen LogP contribution is 2.25. The van der Waals surface area contributed by atoms with E-state index in [1.165, 1.54) is 19.4 Å². The second-order valence-electron chi connectivity index (χ2n) is 5.38. The molecule has 116 valence electrons. The highest BCUT2D eigenvalue weighted by molar-refractivity contribution is 5.85. The third-order valence-corrected chi connectivity index (χ3v) is 4.10. The van der Waals surface area contributed by atoms with Gasteiger partial charge in [-0.15, -0.1) is 24.8 Å². The lowest BCUT2D eigenvalue weighted by Crippen LogP contribution is -2.54. The van der Waals surface area contributed by atoms with E-state index in [1.54, 1.807) is 0 Å². The summed E-state index contributed by atoms with van der Waals surface area (Å²) in [5.41, 5.74) is 5.48. The van der Waals surface area contributed by atoms with Crippen LogP contribution < -0.4 is 5.73 Å². The van der Waals surface area contributed by atoms with Gasteiger partial charge < -0.3 is 10.3 Å². The molecule has 1 aromatic rings. The van der Waals surface area contributed by atoms with Crippen LogP contribution in [0.1, 0.15) is 31.5 Å². The first-order chi connectivity index (χ1) is 8.76. The second-order valence-corrected chi connectivity index (χ2v) is 5.38. The number of piperazine rings is 1. The molecule has 2 aliphatic rings. The van der Waals surface area contributed by atoms with Gasteiger partial charge in [0.25, 0.3) is 0 Å². The molecule has 0 aromatic carbocycles. The van der Waals surface area contributed by atoms with E-state index in [0.29, 0.717) is 18.5 Å². The number of nitrogens with two attached hydrogens (primary N) is 1. The Morgan fingerprint density at radius 2 is 2.15 bits per heavy atom. The topological polar surface area (TPSA) is 71.4 Å². The Labute approximate surface area is 131 Å². The van der Waals surface area contributed by atoms with Gasteiger partial charge in [0.15, 0.2) is 5.82 Å². The number of rotatable bonds is 3. The summed E-state index contributed by atoms with van der Waals surface area (Å²) in [6.45, 7) is 6.91. The molecule has 8 heteroatoms. The average molecular weight is 324 g/mol. The Balaban J connectivity index is 0.000001000. The van der Waals surface area contributed by atoms with Gasteiger partial charge in [-0.05, 0) is 26.3 Å². The summed E-state index contributed by atoms with van der Waals surface area (Å²) in [6, 6.07) is 1.28. The minimum absolute atomic E-state index is 0. The van der Waals surface area contributed by atoms with E-state index in [-0.39, 0.29) is 24.8 Å². The second kappa shape index (κ2) is 7.56. The molecule has 3 heterocycles. The van der Waals surface area contributed by atoms with Gasteiger partial charge in [0, 0.05) is 25.2 Å². The summed E-state index contributed by atoms with van der Waals surface area (Å²) in [6.07, 6.45) is 2.66. The lowest BCUT2D eigenvalue weighted by molar-refractivity contribution is 0.0517. The van der Waals surface area contributed by atoms with E-state index in [1.807, 2.05) is 0 Å². The summed E-state index contributed by atoms with van der Waals surface area (Å²) >= 11 is 0. The van der Waals surface area contributed by atoms with Gasteiger partial charge in [-0.2, -0.15) is 4.98 Å². The van der Waals surface area contributed by atoms with Crippen LogP contribution in [-0.2, 0) is 13.1 Å². The third kappa shape index (κ3) is 3.62. The van der Waals surface area contributed by atoms with E-state index in [4.69, 9.17) is 10.3 Å². The molecule has 20 heavy (non-hydrogen) atoms. The van der Waals surface area contributed by atoms with Gasteiger partial charge in [-0.25, -0.2) is 0 Å². The molecule has 0 bridgehead atoms. The van der Waals surface area contributed by atoms with Crippen LogP contribution in [0.15, 0.2) is 4.52 Å². The van der Waals surface area contributed by atoms with Gasteiger partial charge in [0.1, 0.15) is 0 Å². The molecule has 0 aliphatic carbocycles. The molecule has 0 amide bonds. The molecule has 0 saturated carbocycles. The van der Waals surface area contributed by atoms with Crippen LogP contribution in [0.3, 0.4) is 0 Å². The highest BCUT2D eigenvalue weighted by Gasteiger charge is 2.34. The molecule has 3 rings (SSSR count). The molecule has 2 saturated heterocycles. The molecule has 2 unspecified atom stereocenters. The fourth-order valence-corrected chi connectivity index (χ4v) is 3.09. The molecule has 2 atom stereocenters. The number of hydrogen-bond donors (Lipinski definition) is 1. The molecule has 0 radical (unpaired) electrons. The van der Waals surface area contributed by atoms with Crippen molar-refractivity contribution >= 4 is 24.8 Å². The van der Waals surface area contributed by atoms with Gasteiger partial charge >= 0.3 is 0 Å². The largest absolute Gasteiger partial charge is 0.338 e. The fourth-order valence-electron chi connectivity index (χ4n) is 3.09. The van der Waals surface area contributed by atoms with Crippen molar-refractivity contribution < 1.29 is 4.52 Å². The minimum Gasteiger partial charge on any atom is -0.338 e. The Kier molecular flexibility index (Phi) is 6.68. The number of fused-ring (bicyclic) bond motifs is 1. The Morgan fingerprint density at radius 3 is 2.85 bits per heavy atom. The maximum absolute atomic E-state index is 5.48. The molecule has 1 aromatic heterocycles. The lowest BCUT2D eigenvalue weighted by Gasteiger charge is -2.41. The van der Waals surface area contributed by atoms with E-state index in [9.17, 15) is 0 Å². The van der Waals surface area contributed by atoms with E-state index in [0.717, 1.165) is 31.5 Å². The van der Waals surface area contributed by atoms with Crippen LogP contribution in [0.25, 0.3) is 0 Å². The van der Waals surface area contributed by atoms with Crippen molar-refractivity contribution in [3.05, 3.63) is 11.7 Å². The summed E-state index contributed by atoms with van der Waals surface area (Å²) in [4.78, 5) is 9.35. The van der Waals surface area contributed by atoms with Crippen LogP contribution in [0, 0.1) is 0 Å². The number of halogens is 2. The maximum atomic E-state index is 5.48. The minimum atomic E-state index is 0. The van der Waals surface area contributed by atoms with Crippen molar-refractivity contribution in [2.45, 2.75) is 44.9 Å². The quantitative estimate of drug-likeness (QED) is 0.896. The predicted molar refractivity (Wildman–Crippen MR) is 81.2 cm³/mol. The smallest absolute Gasteiger partial charge is 0.240 e. The molecule has 6 nitrogen and oxygen atoms in total. The summed E-state index contributed by atoms with van der Waals surface area (Å²) in [5, 5.41) is 3.98. The Hall–Kier alpha value is -0.400. The van der Waals surface area contributed by atoms with Crippen LogP contribution in [0.5, 0.6) is 0 Å². The number of hydrogen-bond acceptors (Lipinski definition) is 6. The molecule has 2 aliphatic heterocycles. The van der Waals surface area contributed by atoms with Crippen LogP contribution in [0.4, 0.5) is 0 Å². The summed E-state index contributed by atoms with van der Waals surface area (Å²) in [7, 11) is 0. The van der Waals surface area contributed by atoms with E-state index >= 15 is 0 Å². The van der Waals surface area contributed by atoms with Crippen molar-refractivity contribution in [3.63, 3.8) is 0 Å². The Morgan fingerprint density at radius 1 is 1.35 bits per heavy atom. The van der Waals surface area contributed by atoms with Crippen molar-refractivity contribution in [1.82, 2.24) is 19.9 Å². The molecular formula is C12H23Cl2N5O. The van der Waals surface area contributed by atoms with E-state index < -0.39 is 0 Å². The molecule has 0 spiro atoms. The highest BCUT2D eigenvalue weighted by atomic mass is 35.5. The van der Waals surface area contributed by atoms with Crippen molar-refractivity contribution in [2.75, 3.05) is 19.6 Å². The molecule has 2 N–H and O–H groups in total. The summed E-state index contributed by atoms with van der Waals surface area (Å²) < 4.78 is 5.05. The van der Waals surface area contributed by atoms with Crippen molar-refractivity contribution in [1.29, 1.82) is 0 Å². The normalized spacial score (nSPS) is 26.7. The van der Waals surface area contributed by atoms with Gasteiger partial charge in [-0.3, -0.25) is 9.80 Å². The van der Waals surface area contributed by atoms with Crippen LogP contribution in [-0.4, -0.2) is 51.7 Å². The Bertz CT molecular complexity index is 416. The number of nitrogens with zero attached hydrogens (tertiary/aromatic N) is 4. The van der Waals surface area contributed by atoms with Crippen molar-refractivity contribution in [2.24, 2.45) is 5.73 Å². The van der Waals surface area contributed by atoms with Crippen LogP contribution in [0.2, 0.25) is 0 Å². The fraction of sp³-hybridized carbons (Fsp3) is 0.833. The van der Waals surface area contributed by atoms with Gasteiger partial charge in [0.05, 0.1) is 13.1 Å². The molecule has 2 fully saturated rings. The van der Waals surface area contributed by atoms with Crippen molar-refractivity contribution in [3.8, 4) is 0 Å². The average Bonchev–Trinajstić information content (AvgIpc) is 2.98. The first kappa shape index (κ1) is 17.7. The van der Waals surface area contributed by atoms with Gasteiger partial charge in [0.2, 0.25) is 5.89 Å². The standard InChI is InChI=1S/C12H21N5O.2ClH/c1-9-6-16-4-2-3-10(16)7-17(9)8-11-14-12(5-13)18-15-11;;/h9-10H,2-8,13H2,1H3;2*1H. The summed E-state index contributed by atoms with van der Waals surface area (Å²) in [5.74, 6) is 1.28. The SMILES string of the molecule is CC1CN2CCCC2CN1Cc1noc(CN)n1.Cl.Cl. The first-order valence-corrected chi connectivity index (χ1v) is 6.76. The molecular weight excluding hydrogens is 301 g/mol. The first-order valence-electron chi connectivity index (χ1n) is 6.76. The number of aromatic nitrogens is 2. The van der Waals surface area contributed by atoms with Crippen LogP contribution >= 0.6 is 24.8 Å². The zero-order chi connectivity index (χ0) is 12.5. The lowest BCUT2D eigenvalue weighted by atomic mass is 10.1. The predicted octanol–water partition coefficient (Wildman–Crippen LogP) is 1.04. The van der Waals surface area contributed by atoms with Gasteiger partial charge in [-0.1, -0.05) is 5.16 Å². The zero-order valence-electron chi connectivity index (χ0n) is 11.7. The third-order valence-electron chi connectivity index (χ3n) is 4.10. The monoisotopic (exact) mass is 323 g/mol. The van der Waals surface area contributed by atoms with E-state index in [2.05, 4.69) is 26.9 Å². The maximum Gasteiger partial charge on any atom is 0.240 e.